The second kappa shape index (κ2) is 6.65. The van der Waals surface area contributed by atoms with Crippen LogP contribution in [0.15, 0.2) is 52.5 Å². The number of rotatable bonds is 5. The van der Waals surface area contributed by atoms with Crippen molar-refractivity contribution in [2.75, 3.05) is 0 Å². The summed E-state index contributed by atoms with van der Waals surface area (Å²) in [5, 5.41) is 3.23. The van der Waals surface area contributed by atoms with Crippen LogP contribution in [-0.2, 0) is 0 Å². The lowest BCUT2D eigenvalue weighted by molar-refractivity contribution is 0.0669. The molecule has 1 atom stereocenters. The quantitative estimate of drug-likeness (QED) is 0.600. The van der Waals surface area contributed by atoms with Crippen LogP contribution in [0, 0.1) is 0 Å². The molecule has 3 aromatic rings. The van der Waals surface area contributed by atoms with E-state index in [1.54, 1.807) is 6.26 Å². The molecule has 1 aliphatic carbocycles. The summed E-state index contributed by atoms with van der Waals surface area (Å²) in [4.78, 5) is 19.5. The molecule has 2 heterocycles. The number of amides is 1. The van der Waals surface area contributed by atoms with Crippen LogP contribution in [0.1, 0.15) is 41.9 Å². The Morgan fingerprint density at radius 2 is 2.08 bits per heavy atom. The van der Waals surface area contributed by atoms with Crippen molar-refractivity contribution < 1.29 is 9.21 Å². The van der Waals surface area contributed by atoms with Gasteiger partial charge in [-0.15, -0.1) is 11.3 Å². The van der Waals surface area contributed by atoms with Crippen molar-refractivity contribution in [2.24, 2.45) is 0 Å². The van der Waals surface area contributed by atoms with Gasteiger partial charge in [0.1, 0.15) is 5.69 Å². The smallest absolute Gasteiger partial charge is 0.274 e. The lowest BCUT2D eigenvalue weighted by Gasteiger charge is -2.29. The summed E-state index contributed by atoms with van der Waals surface area (Å²) in [6.07, 6.45) is 3.69. The van der Waals surface area contributed by atoms with Crippen LogP contribution in [0.25, 0.3) is 10.8 Å². The molecule has 1 fully saturated rings. The number of furan rings is 1. The number of hydrogen-bond acceptors (Lipinski definition) is 4. The number of carbonyl (C=O) groups excluding carboxylic acids is 1. The van der Waals surface area contributed by atoms with Gasteiger partial charge in [-0.1, -0.05) is 23.7 Å². The molecular formula is C19H17ClN2O2S. The van der Waals surface area contributed by atoms with Gasteiger partial charge in [0.15, 0.2) is 10.8 Å². The van der Waals surface area contributed by atoms with Crippen LogP contribution in [0.4, 0.5) is 0 Å². The lowest BCUT2D eigenvalue weighted by Crippen LogP contribution is -2.35. The molecule has 0 N–H and O–H groups in total. The second-order valence-corrected chi connectivity index (χ2v) is 7.48. The zero-order valence-electron chi connectivity index (χ0n) is 13.7. The van der Waals surface area contributed by atoms with E-state index in [-0.39, 0.29) is 18.0 Å². The Kier molecular flexibility index (Phi) is 4.36. The molecule has 0 spiro atoms. The summed E-state index contributed by atoms with van der Waals surface area (Å²) >= 11 is 7.41. The summed E-state index contributed by atoms with van der Waals surface area (Å²) in [5.41, 5.74) is 1.55. The van der Waals surface area contributed by atoms with Gasteiger partial charge in [0.2, 0.25) is 0 Å². The van der Waals surface area contributed by atoms with E-state index in [1.807, 2.05) is 46.7 Å². The highest BCUT2D eigenvalue weighted by Crippen LogP contribution is 2.36. The standard InChI is InChI=1S/C19H17ClN2O2S/c1-12(13-4-6-14(20)7-5-13)22(15-8-9-15)19(23)16-11-25-18(21-16)17-3-2-10-24-17/h2-7,10-12,15H,8-9H2,1H3. The molecule has 0 aliphatic heterocycles. The largest absolute Gasteiger partial charge is 0.462 e. The van der Waals surface area contributed by atoms with Gasteiger partial charge in [0, 0.05) is 16.4 Å². The fraction of sp³-hybridized carbons (Fsp3) is 0.263. The van der Waals surface area contributed by atoms with Crippen LogP contribution >= 0.6 is 22.9 Å². The number of aromatic nitrogens is 1. The molecule has 1 saturated carbocycles. The van der Waals surface area contributed by atoms with E-state index in [0.717, 1.165) is 23.4 Å². The van der Waals surface area contributed by atoms with Gasteiger partial charge in [-0.25, -0.2) is 4.98 Å². The highest BCUT2D eigenvalue weighted by Gasteiger charge is 2.37. The summed E-state index contributed by atoms with van der Waals surface area (Å²) < 4.78 is 5.37. The molecule has 0 radical (unpaired) electrons. The second-order valence-electron chi connectivity index (χ2n) is 6.19. The Labute approximate surface area is 155 Å². The first kappa shape index (κ1) is 16.4. The van der Waals surface area contributed by atoms with Gasteiger partial charge in [0.05, 0.1) is 12.3 Å². The lowest BCUT2D eigenvalue weighted by atomic mass is 10.1. The van der Waals surface area contributed by atoms with Gasteiger partial charge in [0.25, 0.3) is 5.91 Å². The number of nitrogens with zero attached hydrogens (tertiary/aromatic N) is 2. The topological polar surface area (TPSA) is 46.3 Å². The monoisotopic (exact) mass is 372 g/mol. The molecule has 0 bridgehead atoms. The zero-order valence-corrected chi connectivity index (χ0v) is 15.3. The van der Waals surface area contributed by atoms with E-state index in [0.29, 0.717) is 16.5 Å². The van der Waals surface area contributed by atoms with Gasteiger partial charge < -0.3 is 9.32 Å². The van der Waals surface area contributed by atoms with Gasteiger partial charge in [-0.05, 0) is 49.6 Å². The van der Waals surface area contributed by atoms with Gasteiger partial charge in [-0.2, -0.15) is 0 Å². The molecule has 1 aromatic carbocycles. The molecule has 2 aromatic heterocycles. The molecule has 4 nitrogen and oxygen atoms in total. The van der Waals surface area contributed by atoms with E-state index in [4.69, 9.17) is 16.0 Å². The van der Waals surface area contributed by atoms with Crippen molar-refractivity contribution in [2.45, 2.75) is 31.8 Å². The SMILES string of the molecule is CC(c1ccc(Cl)cc1)N(C(=O)c1csc(-c2ccco2)n1)C1CC1. The van der Waals surface area contributed by atoms with Crippen LogP contribution < -0.4 is 0 Å². The minimum Gasteiger partial charge on any atom is -0.462 e. The van der Waals surface area contributed by atoms with E-state index in [1.165, 1.54) is 11.3 Å². The molecule has 0 saturated heterocycles. The first-order chi connectivity index (χ1) is 12.1. The van der Waals surface area contributed by atoms with Crippen LogP contribution in [0.5, 0.6) is 0 Å². The van der Waals surface area contributed by atoms with Crippen LogP contribution in [-0.4, -0.2) is 21.8 Å². The highest BCUT2D eigenvalue weighted by atomic mass is 35.5. The molecule has 1 amide bonds. The minimum absolute atomic E-state index is 0.0222. The average molecular weight is 373 g/mol. The third kappa shape index (κ3) is 3.34. The predicted octanol–water partition coefficient (Wildman–Crippen LogP) is 5.42. The third-order valence-corrected chi connectivity index (χ3v) is 5.51. The van der Waals surface area contributed by atoms with Gasteiger partial charge in [-0.3, -0.25) is 4.79 Å². The average Bonchev–Trinajstić information content (AvgIpc) is 3.12. The van der Waals surface area contributed by atoms with E-state index < -0.39 is 0 Å². The Bertz CT molecular complexity index is 869. The Hall–Kier alpha value is -2.11. The molecule has 25 heavy (non-hydrogen) atoms. The first-order valence-electron chi connectivity index (χ1n) is 8.21. The van der Waals surface area contributed by atoms with Crippen molar-refractivity contribution >= 4 is 28.8 Å². The van der Waals surface area contributed by atoms with Crippen molar-refractivity contribution in [3.8, 4) is 10.8 Å². The molecular weight excluding hydrogens is 356 g/mol. The number of carbonyl (C=O) groups is 1. The maximum Gasteiger partial charge on any atom is 0.274 e. The minimum atomic E-state index is -0.0287. The summed E-state index contributed by atoms with van der Waals surface area (Å²) in [6.45, 7) is 2.05. The zero-order chi connectivity index (χ0) is 17.4. The number of benzene rings is 1. The Balaban J connectivity index is 1.60. The molecule has 1 aliphatic rings. The van der Waals surface area contributed by atoms with Crippen molar-refractivity contribution in [3.63, 3.8) is 0 Å². The Morgan fingerprint density at radius 1 is 1.32 bits per heavy atom. The highest BCUT2D eigenvalue weighted by molar-refractivity contribution is 7.13. The van der Waals surface area contributed by atoms with E-state index >= 15 is 0 Å². The normalized spacial score (nSPS) is 15.1. The molecule has 6 heteroatoms. The maximum atomic E-state index is 13.1. The predicted molar refractivity (Wildman–Crippen MR) is 98.9 cm³/mol. The summed E-state index contributed by atoms with van der Waals surface area (Å²) in [7, 11) is 0. The van der Waals surface area contributed by atoms with Crippen LogP contribution in [0.2, 0.25) is 5.02 Å². The molecule has 1 unspecified atom stereocenters. The summed E-state index contributed by atoms with van der Waals surface area (Å²) in [5.74, 6) is 0.659. The van der Waals surface area contributed by atoms with Gasteiger partial charge >= 0.3 is 0 Å². The van der Waals surface area contributed by atoms with E-state index in [9.17, 15) is 4.79 Å². The molecule has 128 valence electrons. The third-order valence-electron chi connectivity index (χ3n) is 4.40. The summed E-state index contributed by atoms with van der Waals surface area (Å²) in [6, 6.07) is 11.6. The first-order valence-corrected chi connectivity index (χ1v) is 9.47. The molecule has 4 rings (SSSR count). The number of thiazole rings is 1. The van der Waals surface area contributed by atoms with Crippen molar-refractivity contribution in [3.05, 3.63) is 64.3 Å². The fourth-order valence-electron chi connectivity index (χ4n) is 2.93. The van der Waals surface area contributed by atoms with Crippen molar-refractivity contribution in [1.82, 2.24) is 9.88 Å². The number of hydrogen-bond donors (Lipinski definition) is 0. The number of halogens is 1. The fourth-order valence-corrected chi connectivity index (χ4v) is 3.82. The van der Waals surface area contributed by atoms with E-state index in [2.05, 4.69) is 11.9 Å². The van der Waals surface area contributed by atoms with Crippen molar-refractivity contribution in [1.29, 1.82) is 0 Å². The Morgan fingerprint density at radius 3 is 2.72 bits per heavy atom. The van der Waals surface area contributed by atoms with Crippen LogP contribution in [0.3, 0.4) is 0 Å². The maximum absolute atomic E-state index is 13.1.